The molecule has 0 bridgehead atoms. The molecule has 28 heavy (non-hydrogen) atoms. The Balaban J connectivity index is 1.58. The van der Waals surface area contributed by atoms with E-state index < -0.39 is 0 Å². The molecule has 2 heterocycles. The van der Waals surface area contributed by atoms with Crippen molar-refractivity contribution in [3.63, 3.8) is 0 Å². The summed E-state index contributed by atoms with van der Waals surface area (Å²) in [7, 11) is 2.10. The molecule has 0 unspecified atom stereocenters. The van der Waals surface area contributed by atoms with Crippen LogP contribution in [0, 0.1) is 0 Å². The molecule has 1 aromatic heterocycles. The van der Waals surface area contributed by atoms with Gasteiger partial charge in [0.25, 0.3) is 5.91 Å². The first-order valence-electron chi connectivity index (χ1n) is 9.39. The first-order chi connectivity index (χ1) is 13.7. The van der Waals surface area contributed by atoms with Crippen LogP contribution < -0.4 is 5.32 Å². The van der Waals surface area contributed by atoms with E-state index >= 15 is 0 Å². The second-order valence-corrected chi connectivity index (χ2v) is 6.97. The number of aromatic nitrogens is 2. The molecule has 1 atom stereocenters. The molecule has 1 saturated heterocycles. The molecule has 6 heteroatoms. The third-order valence-corrected chi connectivity index (χ3v) is 4.96. The van der Waals surface area contributed by atoms with Crippen LogP contribution in [0.3, 0.4) is 0 Å². The Labute approximate surface area is 164 Å². The topological polar surface area (TPSA) is 61.4 Å². The summed E-state index contributed by atoms with van der Waals surface area (Å²) in [5.74, 6) is 0.549. The highest BCUT2D eigenvalue weighted by Gasteiger charge is 2.30. The van der Waals surface area contributed by atoms with Gasteiger partial charge in [-0.1, -0.05) is 36.4 Å². The lowest BCUT2D eigenvalue weighted by Crippen LogP contribution is -2.49. The lowest BCUT2D eigenvalue weighted by molar-refractivity contribution is 0.0498. The number of amides is 1. The molecule has 1 N–H and O–H groups in total. The number of nitrogens with one attached hydrogen (secondary N) is 1. The Morgan fingerprint density at radius 2 is 1.79 bits per heavy atom. The maximum absolute atomic E-state index is 13.3. The summed E-state index contributed by atoms with van der Waals surface area (Å²) in [6.07, 6.45) is 3.36. The summed E-state index contributed by atoms with van der Waals surface area (Å²) in [6, 6.07) is 19.6. The normalized spacial score (nSPS) is 17.3. The van der Waals surface area contributed by atoms with Gasteiger partial charge in [-0.2, -0.15) is 0 Å². The molecule has 1 amide bonds. The third kappa shape index (κ3) is 4.02. The van der Waals surface area contributed by atoms with Crippen LogP contribution in [0.4, 0.5) is 11.6 Å². The molecule has 0 radical (unpaired) electrons. The van der Waals surface area contributed by atoms with Crippen LogP contribution in [0.25, 0.3) is 0 Å². The highest BCUT2D eigenvalue weighted by Crippen LogP contribution is 2.27. The molecule has 1 fully saturated rings. The van der Waals surface area contributed by atoms with Gasteiger partial charge in [-0.15, -0.1) is 0 Å². The predicted molar refractivity (Wildman–Crippen MR) is 109 cm³/mol. The summed E-state index contributed by atoms with van der Waals surface area (Å²) < 4.78 is 0. The predicted octanol–water partition coefficient (Wildman–Crippen LogP) is 3.35. The van der Waals surface area contributed by atoms with Crippen LogP contribution >= 0.6 is 0 Å². The van der Waals surface area contributed by atoms with E-state index in [0.29, 0.717) is 18.1 Å². The maximum atomic E-state index is 13.3. The molecule has 0 spiro atoms. The van der Waals surface area contributed by atoms with Crippen molar-refractivity contribution in [1.29, 1.82) is 0 Å². The van der Waals surface area contributed by atoms with Gasteiger partial charge in [-0.25, -0.2) is 9.97 Å². The van der Waals surface area contributed by atoms with Crippen molar-refractivity contribution in [2.45, 2.75) is 6.04 Å². The molecule has 2 aromatic carbocycles. The first-order valence-corrected chi connectivity index (χ1v) is 9.39. The first kappa shape index (κ1) is 18.1. The van der Waals surface area contributed by atoms with Crippen LogP contribution in [0.1, 0.15) is 22.0 Å². The van der Waals surface area contributed by atoms with E-state index in [1.54, 1.807) is 18.5 Å². The second kappa shape index (κ2) is 8.19. The molecule has 6 nitrogen and oxygen atoms in total. The quantitative estimate of drug-likeness (QED) is 0.760. The van der Waals surface area contributed by atoms with E-state index in [0.717, 1.165) is 24.3 Å². The SMILES string of the molecule is CN1CCN(C(=O)c2cccc(Nc3ncccn3)c2)[C@@H](c2ccccc2)C1. The summed E-state index contributed by atoms with van der Waals surface area (Å²) in [6.45, 7) is 2.39. The fraction of sp³-hybridized carbons (Fsp3) is 0.227. The Morgan fingerprint density at radius 1 is 1.00 bits per heavy atom. The maximum Gasteiger partial charge on any atom is 0.254 e. The number of hydrogen-bond donors (Lipinski definition) is 1. The summed E-state index contributed by atoms with van der Waals surface area (Å²) >= 11 is 0. The molecule has 4 rings (SSSR count). The van der Waals surface area contributed by atoms with Crippen molar-refractivity contribution in [2.75, 3.05) is 32.0 Å². The molecular formula is C22H23N5O. The minimum absolute atomic E-state index is 0.0413. The van der Waals surface area contributed by atoms with Crippen molar-refractivity contribution in [3.8, 4) is 0 Å². The molecule has 0 saturated carbocycles. The molecule has 0 aliphatic carbocycles. The fourth-order valence-electron chi connectivity index (χ4n) is 3.51. The Morgan fingerprint density at radius 3 is 2.57 bits per heavy atom. The van der Waals surface area contributed by atoms with Gasteiger partial charge in [0.2, 0.25) is 5.95 Å². The Kier molecular flexibility index (Phi) is 5.30. The largest absolute Gasteiger partial charge is 0.329 e. The van der Waals surface area contributed by atoms with Gasteiger partial charge in [0, 0.05) is 43.3 Å². The number of rotatable bonds is 4. The number of carbonyl (C=O) groups excluding carboxylic acids is 1. The summed E-state index contributed by atoms with van der Waals surface area (Å²) in [5, 5.41) is 3.15. The van der Waals surface area contributed by atoms with Crippen molar-refractivity contribution in [1.82, 2.24) is 19.8 Å². The number of hydrogen-bond acceptors (Lipinski definition) is 5. The number of carbonyl (C=O) groups is 1. The summed E-state index contributed by atoms with van der Waals surface area (Å²) in [4.78, 5) is 25.9. The number of piperazine rings is 1. The minimum Gasteiger partial charge on any atom is -0.329 e. The van der Waals surface area contributed by atoms with Crippen molar-refractivity contribution >= 4 is 17.5 Å². The lowest BCUT2D eigenvalue weighted by Gasteiger charge is -2.40. The van der Waals surface area contributed by atoms with Gasteiger partial charge in [0.15, 0.2) is 0 Å². The Hall–Kier alpha value is -3.25. The van der Waals surface area contributed by atoms with Gasteiger partial charge in [-0.05, 0) is 36.9 Å². The zero-order chi connectivity index (χ0) is 19.3. The second-order valence-electron chi connectivity index (χ2n) is 6.97. The zero-order valence-electron chi connectivity index (χ0n) is 15.8. The lowest BCUT2D eigenvalue weighted by atomic mass is 10.0. The van der Waals surface area contributed by atoms with Crippen molar-refractivity contribution < 1.29 is 4.79 Å². The van der Waals surface area contributed by atoms with E-state index in [-0.39, 0.29) is 11.9 Å². The van der Waals surface area contributed by atoms with Crippen molar-refractivity contribution in [3.05, 3.63) is 84.2 Å². The van der Waals surface area contributed by atoms with Gasteiger partial charge >= 0.3 is 0 Å². The van der Waals surface area contributed by atoms with Crippen LogP contribution in [0.5, 0.6) is 0 Å². The van der Waals surface area contributed by atoms with Gasteiger partial charge in [-0.3, -0.25) is 4.79 Å². The average molecular weight is 373 g/mol. The summed E-state index contributed by atoms with van der Waals surface area (Å²) in [5.41, 5.74) is 2.61. The third-order valence-electron chi connectivity index (χ3n) is 4.96. The van der Waals surface area contributed by atoms with Crippen LogP contribution in [0.2, 0.25) is 0 Å². The van der Waals surface area contributed by atoms with Gasteiger partial charge in [0.1, 0.15) is 0 Å². The molecule has 1 aliphatic rings. The minimum atomic E-state index is 0.0413. The smallest absolute Gasteiger partial charge is 0.254 e. The molecule has 3 aromatic rings. The van der Waals surface area contributed by atoms with Crippen molar-refractivity contribution in [2.24, 2.45) is 0 Å². The number of nitrogens with zero attached hydrogens (tertiary/aromatic N) is 4. The van der Waals surface area contributed by atoms with Gasteiger partial charge < -0.3 is 15.1 Å². The van der Waals surface area contributed by atoms with Gasteiger partial charge in [0.05, 0.1) is 6.04 Å². The molecule has 142 valence electrons. The number of likely N-dealkylation sites (N-methyl/N-ethyl adjacent to an activating group) is 1. The monoisotopic (exact) mass is 373 g/mol. The molecular weight excluding hydrogens is 350 g/mol. The number of anilines is 2. The van der Waals surface area contributed by atoms with E-state index in [1.807, 2.05) is 47.4 Å². The average Bonchev–Trinajstić information content (AvgIpc) is 2.75. The molecule has 1 aliphatic heterocycles. The fourth-order valence-corrected chi connectivity index (χ4v) is 3.51. The standard InChI is InChI=1S/C22H23N5O/c1-26-13-14-27(20(16-26)17-7-3-2-4-8-17)21(28)18-9-5-10-19(15-18)25-22-23-11-6-12-24-22/h2-12,15,20H,13-14,16H2,1H3,(H,23,24,25)/t20-/m1/s1. The highest BCUT2D eigenvalue weighted by molar-refractivity contribution is 5.95. The van der Waals surface area contributed by atoms with E-state index in [1.165, 1.54) is 0 Å². The highest BCUT2D eigenvalue weighted by atomic mass is 16.2. The van der Waals surface area contributed by atoms with Crippen LogP contribution in [-0.4, -0.2) is 52.4 Å². The number of benzene rings is 2. The zero-order valence-corrected chi connectivity index (χ0v) is 15.8. The van der Waals surface area contributed by atoms with Crippen LogP contribution in [0.15, 0.2) is 73.1 Å². The van der Waals surface area contributed by atoms with E-state index in [9.17, 15) is 4.79 Å². The van der Waals surface area contributed by atoms with E-state index in [2.05, 4.69) is 39.4 Å². The van der Waals surface area contributed by atoms with Crippen LogP contribution in [-0.2, 0) is 0 Å². The van der Waals surface area contributed by atoms with E-state index in [4.69, 9.17) is 0 Å². The Bertz CT molecular complexity index is 932.